The smallest absolute Gasteiger partial charge is 0.136 e. The van der Waals surface area contributed by atoms with Gasteiger partial charge in [0, 0.05) is 24.7 Å². The third-order valence-electron chi connectivity index (χ3n) is 3.52. The molecule has 0 aliphatic carbocycles. The van der Waals surface area contributed by atoms with E-state index in [0.717, 1.165) is 12.0 Å². The van der Waals surface area contributed by atoms with Crippen molar-refractivity contribution in [2.24, 2.45) is 5.92 Å². The fourth-order valence-corrected chi connectivity index (χ4v) is 2.21. The molecule has 19 heavy (non-hydrogen) atoms. The quantitative estimate of drug-likeness (QED) is 0.899. The Bertz CT molecular complexity index is 562. The standard InChI is InChI=1S/C15H19FO3/c1-9(6-7-18-3)14(17)15-10(2)12-8-11(16)4-5-13(12)19-15/h4-5,8-9,14,17H,6-7H2,1-3H3. The number of rotatable bonds is 5. The molecule has 0 fully saturated rings. The van der Waals surface area contributed by atoms with Gasteiger partial charge in [-0.1, -0.05) is 6.92 Å². The van der Waals surface area contributed by atoms with Crippen LogP contribution in [0.1, 0.15) is 30.8 Å². The van der Waals surface area contributed by atoms with E-state index in [-0.39, 0.29) is 11.7 Å². The van der Waals surface area contributed by atoms with Gasteiger partial charge in [0.25, 0.3) is 0 Å². The lowest BCUT2D eigenvalue weighted by Gasteiger charge is -2.17. The van der Waals surface area contributed by atoms with Crippen LogP contribution in [0, 0.1) is 18.7 Å². The number of methoxy groups -OCH3 is 1. The first-order chi connectivity index (χ1) is 9.04. The van der Waals surface area contributed by atoms with Crippen LogP contribution in [0.3, 0.4) is 0 Å². The molecule has 2 rings (SSSR count). The number of aliphatic hydroxyl groups excluding tert-OH is 1. The molecular weight excluding hydrogens is 247 g/mol. The Labute approximate surface area is 112 Å². The highest BCUT2D eigenvalue weighted by atomic mass is 19.1. The molecule has 1 aromatic heterocycles. The van der Waals surface area contributed by atoms with Crippen LogP contribution in [0.2, 0.25) is 0 Å². The minimum absolute atomic E-state index is 0.0176. The highest BCUT2D eigenvalue weighted by molar-refractivity contribution is 5.82. The molecule has 0 bridgehead atoms. The van der Waals surface area contributed by atoms with E-state index in [1.807, 2.05) is 13.8 Å². The first-order valence-electron chi connectivity index (χ1n) is 6.40. The summed E-state index contributed by atoms with van der Waals surface area (Å²) in [5.41, 5.74) is 1.40. The molecule has 2 atom stereocenters. The molecule has 2 aromatic rings. The molecule has 3 nitrogen and oxygen atoms in total. The number of aliphatic hydroxyl groups is 1. The van der Waals surface area contributed by atoms with Crippen LogP contribution in [-0.2, 0) is 4.74 Å². The van der Waals surface area contributed by atoms with E-state index in [4.69, 9.17) is 9.15 Å². The number of hydrogen-bond donors (Lipinski definition) is 1. The largest absolute Gasteiger partial charge is 0.458 e. The maximum Gasteiger partial charge on any atom is 0.136 e. The van der Waals surface area contributed by atoms with E-state index < -0.39 is 6.10 Å². The van der Waals surface area contributed by atoms with Gasteiger partial charge in [-0.05, 0) is 37.5 Å². The lowest BCUT2D eigenvalue weighted by atomic mass is 9.97. The number of halogens is 1. The fraction of sp³-hybridized carbons (Fsp3) is 0.467. The van der Waals surface area contributed by atoms with Crippen LogP contribution >= 0.6 is 0 Å². The van der Waals surface area contributed by atoms with Gasteiger partial charge >= 0.3 is 0 Å². The van der Waals surface area contributed by atoms with Gasteiger partial charge in [-0.2, -0.15) is 0 Å². The van der Waals surface area contributed by atoms with Crippen molar-refractivity contribution in [1.82, 2.24) is 0 Å². The van der Waals surface area contributed by atoms with Gasteiger partial charge in [-0.15, -0.1) is 0 Å². The van der Waals surface area contributed by atoms with Crippen LogP contribution in [-0.4, -0.2) is 18.8 Å². The Morgan fingerprint density at radius 2 is 2.16 bits per heavy atom. The molecule has 1 N–H and O–H groups in total. The van der Waals surface area contributed by atoms with E-state index in [1.165, 1.54) is 12.1 Å². The van der Waals surface area contributed by atoms with Crippen LogP contribution in [0.5, 0.6) is 0 Å². The molecule has 104 valence electrons. The minimum Gasteiger partial charge on any atom is -0.458 e. The van der Waals surface area contributed by atoms with Gasteiger partial charge in [-0.25, -0.2) is 4.39 Å². The second-order valence-electron chi connectivity index (χ2n) is 4.94. The third kappa shape index (κ3) is 2.80. The average Bonchev–Trinajstić information content (AvgIpc) is 2.72. The second kappa shape index (κ2) is 5.72. The van der Waals surface area contributed by atoms with Gasteiger partial charge in [0.1, 0.15) is 23.3 Å². The molecule has 0 aliphatic rings. The van der Waals surface area contributed by atoms with Crippen molar-refractivity contribution in [2.45, 2.75) is 26.4 Å². The number of aryl methyl sites for hydroxylation is 1. The van der Waals surface area contributed by atoms with E-state index in [2.05, 4.69) is 0 Å². The summed E-state index contributed by atoms with van der Waals surface area (Å²) in [5.74, 6) is 0.234. The van der Waals surface area contributed by atoms with Crippen LogP contribution in [0.15, 0.2) is 22.6 Å². The molecule has 1 aromatic carbocycles. The summed E-state index contributed by atoms with van der Waals surface area (Å²) in [6.07, 6.45) is 0.0355. The third-order valence-corrected chi connectivity index (χ3v) is 3.52. The minimum atomic E-state index is -0.703. The van der Waals surface area contributed by atoms with Crippen molar-refractivity contribution in [2.75, 3.05) is 13.7 Å². The Morgan fingerprint density at radius 3 is 2.84 bits per heavy atom. The number of hydrogen-bond acceptors (Lipinski definition) is 3. The number of benzene rings is 1. The normalized spacial score (nSPS) is 14.8. The van der Waals surface area contributed by atoms with Crippen molar-refractivity contribution < 1.29 is 18.7 Å². The predicted molar refractivity (Wildman–Crippen MR) is 71.5 cm³/mol. The van der Waals surface area contributed by atoms with Gasteiger partial charge in [0.2, 0.25) is 0 Å². The summed E-state index contributed by atoms with van der Waals surface area (Å²) in [7, 11) is 1.63. The average molecular weight is 266 g/mol. The molecule has 0 radical (unpaired) electrons. The predicted octanol–water partition coefficient (Wildman–Crippen LogP) is 3.59. The van der Waals surface area contributed by atoms with Gasteiger partial charge in [0.15, 0.2) is 0 Å². The van der Waals surface area contributed by atoms with Crippen molar-refractivity contribution in [3.63, 3.8) is 0 Å². The number of fused-ring (bicyclic) bond motifs is 1. The van der Waals surface area contributed by atoms with Crippen molar-refractivity contribution in [1.29, 1.82) is 0 Å². The molecule has 0 saturated heterocycles. The second-order valence-corrected chi connectivity index (χ2v) is 4.94. The van der Waals surface area contributed by atoms with Crippen molar-refractivity contribution in [3.05, 3.63) is 35.3 Å². The number of ether oxygens (including phenoxy) is 1. The Morgan fingerprint density at radius 1 is 1.42 bits per heavy atom. The number of furan rings is 1. The van der Waals surface area contributed by atoms with E-state index in [9.17, 15) is 9.50 Å². The molecule has 4 heteroatoms. The SMILES string of the molecule is COCCC(C)C(O)c1oc2ccc(F)cc2c1C. The molecule has 2 unspecified atom stereocenters. The maximum atomic E-state index is 13.2. The zero-order valence-electron chi connectivity index (χ0n) is 11.4. The van der Waals surface area contributed by atoms with E-state index in [0.29, 0.717) is 23.3 Å². The lowest BCUT2D eigenvalue weighted by Crippen LogP contribution is -2.11. The Kier molecular flexibility index (Phi) is 4.22. The van der Waals surface area contributed by atoms with Gasteiger partial charge in [0.05, 0.1) is 0 Å². The summed E-state index contributed by atoms with van der Waals surface area (Å²) >= 11 is 0. The van der Waals surface area contributed by atoms with Crippen molar-refractivity contribution >= 4 is 11.0 Å². The molecule has 0 spiro atoms. The van der Waals surface area contributed by atoms with E-state index in [1.54, 1.807) is 13.2 Å². The Balaban J connectivity index is 2.31. The summed E-state index contributed by atoms with van der Waals surface area (Å²) < 4.78 is 23.9. The highest BCUT2D eigenvalue weighted by Crippen LogP contribution is 2.34. The van der Waals surface area contributed by atoms with Gasteiger partial charge in [-0.3, -0.25) is 0 Å². The van der Waals surface area contributed by atoms with Crippen LogP contribution in [0.4, 0.5) is 4.39 Å². The zero-order chi connectivity index (χ0) is 14.0. The van der Waals surface area contributed by atoms with Crippen LogP contribution < -0.4 is 0 Å². The summed E-state index contributed by atoms with van der Waals surface area (Å²) in [6.45, 7) is 4.37. The molecule has 1 heterocycles. The molecule has 0 aliphatic heterocycles. The highest BCUT2D eigenvalue weighted by Gasteiger charge is 2.23. The van der Waals surface area contributed by atoms with Gasteiger partial charge < -0.3 is 14.3 Å². The first kappa shape index (κ1) is 14.0. The maximum absolute atomic E-state index is 13.2. The first-order valence-corrected chi connectivity index (χ1v) is 6.40. The topological polar surface area (TPSA) is 42.6 Å². The summed E-state index contributed by atoms with van der Waals surface area (Å²) in [6, 6.07) is 4.38. The Hall–Kier alpha value is -1.39. The van der Waals surface area contributed by atoms with E-state index >= 15 is 0 Å². The zero-order valence-corrected chi connectivity index (χ0v) is 11.4. The molecular formula is C15H19FO3. The fourth-order valence-electron chi connectivity index (χ4n) is 2.21. The summed E-state index contributed by atoms with van der Waals surface area (Å²) in [5, 5.41) is 11.0. The van der Waals surface area contributed by atoms with Crippen molar-refractivity contribution in [3.8, 4) is 0 Å². The lowest BCUT2D eigenvalue weighted by molar-refractivity contribution is 0.0722. The summed E-state index contributed by atoms with van der Waals surface area (Å²) in [4.78, 5) is 0. The van der Waals surface area contributed by atoms with Crippen LogP contribution in [0.25, 0.3) is 11.0 Å². The molecule has 0 amide bonds. The molecule has 0 saturated carbocycles. The monoisotopic (exact) mass is 266 g/mol.